The van der Waals surface area contributed by atoms with Gasteiger partial charge in [-0.1, -0.05) is 19.1 Å². The standard InChI is InChI=1S/C14H16N2O4/c1-3-11-12(17)15-14(19)16(13(11)18)8-9-5-4-6-10(7-9)20-2/h4-7,18H,3,8H2,1-2H3,(H,15,17,19). The minimum atomic E-state index is -0.632. The Morgan fingerprint density at radius 3 is 2.75 bits per heavy atom. The van der Waals surface area contributed by atoms with Gasteiger partial charge in [0.25, 0.3) is 5.56 Å². The normalized spacial score (nSPS) is 10.5. The minimum absolute atomic E-state index is 0.158. The second-order valence-electron chi connectivity index (χ2n) is 4.35. The third kappa shape index (κ3) is 2.59. The summed E-state index contributed by atoms with van der Waals surface area (Å²) < 4.78 is 6.24. The molecule has 2 aromatic rings. The lowest BCUT2D eigenvalue weighted by Crippen LogP contribution is -2.32. The number of aromatic nitrogens is 2. The van der Waals surface area contributed by atoms with Crippen molar-refractivity contribution in [1.29, 1.82) is 0 Å². The van der Waals surface area contributed by atoms with Gasteiger partial charge in [-0.25, -0.2) is 4.79 Å². The highest BCUT2D eigenvalue weighted by Crippen LogP contribution is 2.16. The lowest BCUT2D eigenvalue weighted by Gasteiger charge is -2.11. The number of nitrogens with zero attached hydrogens (tertiary/aromatic N) is 1. The van der Waals surface area contributed by atoms with E-state index in [1.807, 2.05) is 6.07 Å². The summed E-state index contributed by atoms with van der Waals surface area (Å²) in [7, 11) is 1.55. The molecule has 0 radical (unpaired) electrons. The number of nitrogens with one attached hydrogen (secondary N) is 1. The van der Waals surface area contributed by atoms with Gasteiger partial charge in [-0.3, -0.25) is 14.3 Å². The van der Waals surface area contributed by atoms with E-state index >= 15 is 0 Å². The number of benzene rings is 1. The lowest BCUT2D eigenvalue weighted by atomic mass is 10.2. The zero-order valence-corrected chi connectivity index (χ0v) is 11.3. The molecule has 0 amide bonds. The van der Waals surface area contributed by atoms with Crippen LogP contribution in [0.4, 0.5) is 0 Å². The smallest absolute Gasteiger partial charge is 0.331 e. The Hall–Kier alpha value is -2.50. The number of aromatic amines is 1. The third-order valence-corrected chi connectivity index (χ3v) is 3.09. The Morgan fingerprint density at radius 1 is 1.35 bits per heavy atom. The second kappa shape index (κ2) is 5.64. The molecule has 0 spiro atoms. The third-order valence-electron chi connectivity index (χ3n) is 3.09. The Morgan fingerprint density at radius 2 is 2.10 bits per heavy atom. The molecule has 0 saturated heterocycles. The first-order valence-corrected chi connectivity index (χ1v) is 6.24. The van der Waals surface area contributed by atoms with Crippen molar-refractivity contribution in [2.45, 2.75) is 19.9 Å². The summed E-state index contributed by atoms with van der Waals surface area (Å²) >= 11 is 0. The van der Waals surface area contributed by atoms with Crippen molar-refractivity contribution in [3.8, 4) is 11.6 Å². The Labute approximate surface area is 115 Å². The number of ether oxygens (including phenoxy) is 1. The van der Waals surface area contributed by atoms with Crippen molar-refractivity contribution in [2.24, 2.45) is 0 Å². The fourth-order valence-electron chi connectivity index (χ4n) is 2.02. The highest BCUT2D eigenvalue weighted by Gasteiger charge is 2.12. The number of rotatable bonds is 4. The monoisotopic (exact) mass is 276 g/mol. The van der Waals surface area contributed by atoms with Crippen LogP contribution in [-0.2, 0) is 13.0 Å². The summed E-state index contributed by atoms with van der Waals surface area (Å²) in [4.78, 5) is 25.6. The van der Waals surface area contributed by atoms with E-state index in [4.69, 9.17) is 4.74 Å². The lowest BCUT2D eigenvalue weighted by molar-refractivity contribution is 0.400. The molecule has 2 rings (SSSR count). The summed E-state index contributed by atoms with van der Waals surface area (Å²) in [6.45, 7) is 1.90. The number of methoxy groups -OCH3 is 1. The van der Waals surface area contributed by atoms with Gasteiger partial charge in [-0.15, -0.1) is 0 Å². The summed E-state index contributed by atoms with van der Waals surface area (Å²) in [6.07, 6.45) is 0.347. The Balaban J connectivity index is 2.48. The maximum absolute atomic E-state index is 11.8. The topological polar surface area (TPSA) is 84.3 Å². The number of hydrogen-bond acceptors (Lipinski definition) is 4. The van der Waals surface area contributed by atoms with E-state index in [1.54, 1.807) is 32.2 Å². The molecule has 0 aliphatic heterocycles. The molecular formula is C14H16N2O4. The fraction of sp³-hybridized carbons (Fsp3) is 0.286. The molecular weight excluding hydrogens is 260 g/mol. The molecule has 6 heteroatoms. The average molecular weight is 276 g/mol. The summed E-state index contributed by atoms with van der Waals surface area (Å²) in [5.74, 6) is 0.374. The van der Waals surface area contributed by atoms with Gasteiger partial charge in [-0.05, 0) is 24.1 Å². The van der Waals surface area contributed by atoms with Crippen LogP contribution in [0.15, 0.2) is 33.9 Å². The largest absolute Gasteiger partial charge is 0.497 e. The van der Waals surface area contributed by atoms with Crippen LogP contribution in [0.2, 0.25) is 0 Å². The van der Waals surface area contributed by atoms with Crippen molar-refractivity contribution in [3.05, 3.63) is 56.2 Å². The fourth-order valence-corrected chi connectivity index (χ4v) is 2.02. The maximum Gasteiger partial charge on any atom is 0.331 e. The summed E-state index contributed by atoms with van der Waals surface area (Å²) in [6, 6.07) is 7.16. The summed E-state index contributed by atoms with van der Waals surface area (Å²) in [5, 5.41) is 10.0. The van der Waals surface area contributed by atoms with Crippen LogP contribution in [0.25, 0.3) is 0 Å². The van der Waals surface area contributed by atoms with Crippen molar-refractivity contribution in [2.75, 3.05) is 7.11 Å². The average Bonchev–Trinajstić information content (AvgIpc) is 2.44. The molecule has 20 heavy (non-hydrogen) atoms. The molecule has 2 N–H and O–H groups in total. The van der Waals surface area contributed by atoms with Crippen LogP contribution >= 0.6 is 0 Å². The van der Waals surface area contributed by atoms with E-state index < -0.39 is 11.2 Å². The molecule has 1 aromatic heterocycles. The molecule has 0 unspecified atom stereocenters. The highest BCUT2D eigenvalue weighted by molar-refractivity contribution is 5.30. The summed E-state index contributed by atoms with van der Waals surface area (Å²) in [5.41, 5.74) is -0.187. The van der Waals surface area contributed by atoms with Gasteiger partial charge in [0.2, 0.25) is 5.88 Å². The van der Waals surface area contributed by atoms with Crippen LogP contribution in [0, 0.1) is 0 Å². The van der Waals surface area contributed by atoms with E-state index in [0.29, 0.717) is 12.2 Å². The first-order valence-electron chi connectivity index (χ1n) is 6.24. The second-order valence-corrected chi connectivity index (χ2v) is 4.35. The number of H-pyrrole nitrogens is 1. The molecule has 1 aromatic carbocycles. The SMILES string of the molecule is CCc1c(O)n(Cc2cccc(OC)c2)c(=O)[nH]c1=O. The van der Waals surface area contributed by atoms with Crippen molar-refractivity contribution in [1.82, 2.24) is 9.55 Å². The first-order chi connectivity index (χ1) is 9.56. The van der Waals surface area contributed by atoms with E-state index in [2.05, 4.69) is 4.98 Å². The highest BCUT2D eigenvalue weighted by atomic mass is 16.5. The van der Waals surface area contributed by atoms with Gasteiger partial charge < -0.3 is 9.84 Å². The van der Waals surface area contributed by atoms with Crippen molar-refractivity contribution >= 4 is 0 Å². The van der Waals surface area contributed by atoms with Crippen LogP contribution < -0.4 is 16.0 Å². The maximum atomic E-state index is 11.8. The van der Waals surface area contributed by atoms with Crippen molar-refractivity contribution in [3.63, 3.8) is 0 Å². The molecule has 0 bridgehead atoms. The zero-order valence-electron chi connectivity index (χ0n) is 11.3. The van der Waals surface area contributed by atoms with Gasteiger partial charge in [0.1, 0.15) is 5.75 Å². The molecule has 0 aliphatic rings. The van der Waals surface area contributed by atoms with Crippen molar-refractivity contribution < 1.29 is 9.84 Å². The molecule has 0 aliphatic carbocycles. The van der Waals surface area contributed by atoms with Crippen LogP contribution in [0.3, 0.4) is 0 Å². The zero-order chi connectivity index (χ0) is 14.7. The van der Waals surface area contributed by atoms with Gasteiger partial charge in [0.15, 0.2) is 0 Å². The van der Waals surface area contributed by atoms with E-state index in [-0.39, 0.29) is 18.0 Å². The molecule has 1 heterocycles. The van der Waals surface area contributed by atoms with Gasteiger partial charge in [0.05, 0.1) is 19.2 Å². The first kappa shape index (κ1) is 13.9. The number of aromatic hydroxyl groups is 1. The van der Waals surface area contributed by atoms with Gasteiger partial charge >= 0.3 is 5.69 Å². The van der Waals surface area contributed by atoms with Crippen LogP contribution in [0.5, 0.6) is 11.6 Å². The Bertz CT molecular complexity index is 731. The molecule has 0 fully saturated rings. The van der Waals surface area contributed by atoms with E-state index in [9.17, 15) is 14.7 Å². The predicted octanol–water partition coefficient (Wildman–Crippen LogP) is 0.861. The van der Waals surface area contributed by atoms with Crippen LogP contribution in [0.1, 0.15) is 18.1 Å². The van der Waals surface area contributed by atoms with Crippen LogP contribution in [-0.4, -0.2) is 21.8 Å². The quantitative estimate of drug-likeness (QED) is 0.867. The Kier molecular flexibility index (Phi) is 3.93. The van der Waals surface area contributed by atoms with Gasteiger partial charge in [0, 0.05) is 0 Å². The predicted molar refractivity (Wildman–Crippen MR) is 74.5 cm³/mol. The van der Waals surface area contributed by atoms with E-state index in [1.165, 1.54) is 0 Å². The molecule has 6 nitrogen and oxygen atoms in total. The minimum Gasteiger partial charge on any atom is -0.497 e. The molecule has 0 atom stereocenters. The molecule has 0 saturated carbocycles. The van der Waals surface area contributed by atoms with Gasteiger partial charge in [-0.2, -0.15) is 0 Å². The van der Waals surface area contributed by atoms with E-state index in [0.717, 1.165) is 10.1 Å². The number of hydrogen-bond donors (Lipinski definition) is 2. The molecule has 106 valence electrons.